The number of alkyl halides is 2. The Hall–Kier alpha value is -0.670. The molecule has 1 heterocycles. The van der Waals surface area contributed by atoms with Crippen LogP contribution in [0.5, 0.6) is 0 Å². The summed E-state index contributed by atoms with van der Waals surface area (Å²) in [6.45, 7) is -0.128. The number of hydrogen-bond acceptors (Lipinski definition) is 1. The first-order valence-corrected chi connectivity index (χ1v) is 4.72. The Morgan fingerprint density at radius 1 is 1.46 bits per heavy atom. The summed E-state index contributed by atoms with van der Waals surface area (Å²) in [5.41, 5.74) is 0. The van der Waals surface area contributed by atoms with Crippen molar-refractivity contribution in [2.75, 3.05) is 13.1 Å². The molecule has 0 atom stereocenters. The van der Waals surface area contributed by atoms with Gasteiger partial charge in [-0.15, -0.1) is 0 Å². The van der Waals surface area contributed by atoms with E-state index in [4.69, 9.17) is 0 Å². The molecule has 0 N–H and O–H groups in total. The van der Waals surface area contributed by atoms with Gasteiger partial charge in [0.15, 0.2) is 0 Å². The first kappa shape index (κ1) is 8.91. The fourth-order valence-corrected chi connectivity index (χ4v) is 1.65. The molecule has 1 saturated heterocycles. The molecule has 0 unspecified atom stereocenters. The van der Waals surface area contributed by atoms with Crippen LogP contribution < -0.4 is 0 Å². The lowest BCUT2D eigenvalue weighted by Gasteiger charge is -2.15. The number of carbonyl (C=O) groups excluding carboxylic acids is 1. The number of carbonyl (C=O) groups is 1. The molecule has 1 amide bonds. The third kappa shape index (κ3) is 2.17. The van der Waals surface area contributed by atoms with Crippen LogP contribution >= 0.6 is 0 Å². The molecular formula is C9H13F2NO. The molecule has 2 aliphatic rings. The SMILES string of the molecule is O=C(CC1CC1)N1CCC(F)(F)C1. The molecule has 1 saturated carbocycles. The predicted molar refractivity (Wildman–Crippen MR) is 43.5 cm³/mol. The van der Waals surface area contributed by atoms with Crippen molar-refractivity contribution >= 4 is 5.91 Å². The molecule has 0 aromatic carbocycles. The molecule has 4 heteroatoms. The molecule has 0 aromatic rings. The Morgan fingerprint density at radius 2 is 2.15 bits per heavy atom. The van der Waals surface area contributed by atoms with Gasteiger partial charge in [0.1, 0.15) is 0 Å². The fraction of sp³-hybridized carbons (Fsp3) is 0.889. The summed E-state index contributed by atoms with van der Waals surface area (Å²) in [6.07, 6.45) is 2.51. The largest absolute Gasteiger partial charge is 0.336 e. The highest BCUT2D eigenvalue weighted by atomic mass is 19.3. The van der Waals surface area contributed by atoms with E-state index in [1.807, 2.05) is 0 Å². The zero-order valence-corrected chi connectivity index (χ0v) is 7.43. The molecule has 0 aromatic heterocycles. The van der Waals surface area contributed by atoms with E-state index in [2.05, 4.69) is 0 Å². The molecule has 0 spiro atoms. The second kappa shape index (κ2) is 2.93. The van der Waals surface area contributed by atoms with Crippen LogP contribution in [-0.4, -0.2) is 29.8 Å². The number of nitrogens with zero attached hydrogens (tertiary/aromatic N) is 1. The average Bonchev–Trinajstić information content (AvgIpc) is 2.75. The lowest BCUT2D eigenvalue weighted by molar-refractivity contribution is -0.132. The van der Waals surface area contributed by atoms with Gasteiger partial charge in [0, 0.05) is 19.4 Å². The van der Waals surface area contributed by atoms with Crippen molar-refractivity contribution in [2.24, 2.45) is 5.92 Å². The average molecular weight is 189 g/mol. The van der Waals surface area contributed by atoms with Gasteiger partial charge in [0.25, 0.3) is 5.92 Å². The van der Waals surface area contributed by atoms with E-state index < -0.39 is 5.92 Å². The molecule has 1 aliphatic carbocycles. The van der Waals surface area contributed by atoms with Gasteiger partial charge >= 0.3 is 0 Å². The van der Waals surface area contributed by atoms with Crippen LogP contribution in [0.2, 0.25) is 0 Å². The van der Waals surface area contributed by atoms with E-state index in [0.29, 0.717) is 12.3 Å². The summed E-state index contributed by atoms with van der Waals surface area (Å²) >= 11 is 0. The topological polar surface area (TPSA) is 20.3 Å². The van der Waals surface area contributed by atoms with E-state index in [-0.39, 0.29) is 25.4 Å². The van der Waals surface area contributed by atoms with E-state index in [9.17, 15) is 13.6 Å². The fourth-order valence-electron chi connectivity index (χ4n) is 1.65. The molecule has 2 nitrogen and oxygen atoms in total. The predicted octanol–water partition coefficient (Wildman–Crippen LogP) is 1.65. The van der Waals surface area contributed by atoms with Crippen molar-refractivity contribution < 1.29 is 13.6 Å². The Morgan fingerprint density at radius 3 is 2.62 bits per heavy atom. The zero-order valence-electron chi connectivity index (χ0n) is 7.43. The summed E-state index contributed by atoms with van der Waals surface area (Å²) in [5.74, 6) is -2.24. The molecule has 1 aliphatic heterocycles. The maximum Gasteiger partial charge on any atom is 0.267 e. The molecule has 74 valence electrons. The molecule has 2 fully saturated rings. The van der Waals surface area contributed by atoms with Crippen LogP contribution in [0.15, 0.2) is 0 Å². The lowest BCUT2D eigenvalue weighted by Crippen LogP contribution is -2.31. The first-order valence-electron chi connectivity index (χ1n) is 4.72. The highest BCUT2D eigenvalue weighted by Crippen LogP contribution is 2.34. The van der Waals surface area contributed by atoms with Gasteiger partial charge < -0.3 is 4.90 Å². The van der Waals surface area contributed by atoms with Gasteiger partial charge in [-0.3, -0.25) is 4.79 Å². The van der Waals surface area contributed by atoms with Gasteiger partial charge in [-0.2, -0.15) is 0 Å². The summed E-state index contributed by atoms with van der Waals surface area (Å²) in [4.78, 5) is 12.7. The lowest BCUT2D eigenvalue weighted by atomic mass is 10.2. The third-order valence-electron chi connectivity index (χ3n) is 2.68. The van der Waals surface area contributed by atoms with Crippen molar-refractivity contribution in [3.63, 3.8) is 0 Å². The Bertz CT molecular complexity index is 226. The Kier molecular flexibility index (Phi) is 2.00. The maximum absolute atomic E-state index is 12.7. The van der Waals surface area contributed by atoms with E-state index >= 15 is 0 Å². The van der Waals surface area contributed by atoms with Crippen LogP contribution in [0.3, 0.4) is 0 Å². The van der Waals surface area contributed by atoms with Crippen molar-refractivity contribution in [2.45, 2.75) is 31.6 Å². The zero-order chi connectivity index (χ0) is 9.47. The van der Waals surface area contributed by atoms with Crippen molar-refractivity contribution in [3.8, 4) is 0 Å². The van der Waals surface area contributed by atoms with Crippen LogP contribution in [-0.2, 0) is 4.79 Å². The minimum atomic E-state index is -2.64. The van der Waals surface area contributed by atoms with Gasteiger partial charge in [0.2, 0.25) is 5.91 Å². The van der Waals surface area contributed by atoms with Crippen LogP contribution in [0, 0.1) is 5.92 Å². The van der Waals surface area contributed by atoms with Gasteiger partial charge in [0.05, 0.1) is 6.54 Å². The second-order valence-electron chi connectivity index (χ2n) is 4.07. The van der Waals surface area contributed by atoms with Crippen LogP contribution in [0.1, 0.15) is 25.7 Å². The quantitative estimate of drug-likeness (QED) is 0.646. The minimum Gasteiger partial charge on any atom is -0.336 e. The van der Waals surface area contributed by atoms with Crippen molar-refractivity contribution in [3.05, 3.63) is 0 Å². The summed E-state index contributed by atoms with van der Waals surface area (Å²) < 4.78 is 25.4. The molecule has 13 heavy (non-hydrogen) atoms. The number of rotatable bonds is 2. The number of hydrogen-bond donors (Lipinski definition) is 0. The molecule has 2 rings (SSSR count). The molecule has 0 bridgehead atoms. The monoisotopic (exact) mass is 189 g/mol. The van der Waals surface area contributed by atoms with E-state index in [1.54, 1.807) is 0 Å². The Balaban J connectivity index is 1.83. The van der Waals surface area contributed by atoms with Crippen molar-refractivity contribution in [1.82, 2.24) is 4.90 Å². The van der Waals surface area contributed by atoms with Crippen LogP contribution in [0.25, 0.3) is 0 Å². The van der Waals surface area contributed by atoms with E-state index in [0.717, 1.165) is 12.8 Å². The molecular weight excluding hydrogens is 176 g/mol. The normalized spacial score (nSPS) is 26.5. The summed E-state index contributed by atoms with van der Waals surface area (Å²) in [6, 6.07) is 0. The Labute approximate surface area is 75.9 Å². The number of likely N-dealkylation sites (tertiary alicyclic amines) is 1. The number of halogens is 2. The van der Waals surface area contributed by atoms with E-state index in [1.165, 1.54) is 4.90 Å². The minimum absolute atomic E-state index is 0.0836. The molecule has 0 radical (unpaired) electrons. The third-order valence-corrected chi connectivity index (χ3v) is 2.68. The highest BCUT2D eigenvalue weighted by molar-refractivity contribution is 5.77. The van der Waals surface area contributed by atoms with Crippen LogP contribution in [0.4, 0.5) is 8.78 Å². The first-order chi connectivity index (χ1) is 6.07. The van der Waals surface area contributed by atoms with Crippen molar-refractivity contribution in [1.29, 1.82) is 0 Å². The summed E-state index contributed by atoms with van der Waals surface area (Å²) in [7, 11) is 0. The standard InChI is InChI=1S/C9H13F2NO/c10-9(11)3-4-12(6-9)8(13)5-7-1-2-7/h7H,1-6H2. The van der Waals surface area contributed by atoms with Gasteiger partial charge in [-0.25, -0.2) is 8.78 Å². The summed E-state index contributed by atoms with van der Waals surface area (Å²) in [5, 5.41) is 0. The maximum atomic E-state index is 12.7. The van der Waals surface area contributed by atoms with Gasteiger partial charge in [-0.05, 0) is 18.8 Å². The second-order valence-corrected chi connectivity index (χ2v) is 4.07. The smallest absolute Gasteiger partial charge is 0.267 e. The van der Waals surface area contributed by atoms with Gasteiger partial charge in [-0.1, -0.05) is 0 Å². The number of amides is 1. The highest BCUT2D eigenvalue weighted by Gasteiger charge is 2.41.